The Morgan fingerprint density at radius 1 is 0.964 bits per heavy atom. The average molecular weight is 374 g/mol. The monoisotopic (exact) mass is 374 g/mol. The SMILES string of the molecule is Cc1cc(C(=O)Nc2cccc(C)c2C)nc(NCCCc2ccccc2)n1. The van der Waals surface area contributed by atoms with Crippen LogP contribution in [0.1, 0.15) is 39.3 Å². The van der Waals surface area contributed by atoms with Crippen molar-refractivity contribution in [3.8, 4) is 0 Å². The minimum absolute atomic E-state index is 0.230. The van der Waals surface area contributed by atoms with Crippen molar-refractivity contribution in [3.63, 3.8) is 0 Å². The molecule has 3 aromatic rings. The molecule has 0 unspecified atom stereocenters. The van der Waals surface area contributed by atoms with Crippen LogP contribution in [0.4, 0.5) is 11.6 Å². The summed E-state index contributed by atoms with van der Waals surface area (Å²) in [4.78, 5) is 21.5. The molecule has 0 spiro atoms. The van der Waals surface area contributed by atoms with Gasteiger partial charge in [-0.15, -0.1) is 0 Å². The number of anilines is 2. The lowest BCUT2D eigenvalue weighted by molar-refractivity contribution is 0.102. The van der Waals surface area contributed by atoms with E-state index in [-0.39, 0.29) is 5.91 Å². The van der Waals surface area contributed by atoms with Crippen molar-refractivity contribution in [1.82, 2.24) is 9.97 Å². The maximum atomic E-state index is 12.7. The maximum absolute atomic E-state index is 12.7. The maximum Gasteiger partial charge on any atom is 0.274 e. The zero-order chi connectivity index (χ0) is 19.9. The molecule has 0 atom stereocenters. The molecule has 1 amide bonds. The summed E-state index contributed by atoms with van der Waals surface area (Å²) in [6.45, 7) is 6.63. The third kappa shape index (κ3) is 5.16. The van der Waals surface area contributed by atoms with Crippen LogP contribution in [0.25, 0.3) is 0 Å². The first-order valence-electron chi connectivity index (χ1n) is 9.54. The molecule has 0 saturated carbocycles. The van der Waals surface area contributed by atoms with Crippen molar-refractivity contribution in [1.29, 1.82) is 0 Å². The summed E-state index contributed by atoms with van der Waals surface area (Å²) in [6, 6.07) is 17.9. The second-order valence-corrected chi connectivity index (χ2v) is 6.94. The highest BCUT2D eigenvalue weighted by molar-refractivity contribution is 6.03. The highest BCUT2D eigenvalue weighted by atomic mass is 16.1. The van der Waals surface area contributed by atoms with Crippen molar-refractivity contribution in [2.45, 2.75) is 33.6 Å². The molecule has 0 bridgehead atoms. The summed E-state index contributed by atoms with van der Waals surface area (Å²) in [5.41, 5.74) is 5.42. The zero-order valence-corrected chi connectivity index (χ0v) is 16.6. The van der Waals surface area contributed by atoms with Crippen LogP contribution >= 0.6 is 0 Å². The molecule has 0 aliphatic carbocycles. The van der Waals surface area contributed by atoms with Gasteiger partial charge in [-0.1, -0.05) is 42.5 Å². The van der Waals surface area contributed by atoms with E-state index in [0.717, 1.165) is 41.9 Å². The molecular weight excluding hydrogens is 348 g/mol. The largest absolute Gasteiger partial charge is 0.354 e. The van der Waals surface area contributed by atoms with E-state index in [1.165, 1.54) is 5.56 Å². The molecule has 144 valence electrons. The third-order valence-electron chi connectivity index (χ3n) is 4.71. The van der Waals surface area contributed by atoms with E-state index in [9.17, 15) is 4.79 Å². The van der Waals surface area contributed by atoms with Gasteiger partial charge in [-0.3, -0.25) is 4.79 Å². The predicted octanol–water partition coefficient (Wildman–Crippen LogP) is 4.70. The lowest BCUT2D eigenvalue weighted by Crippen LogP contribution is -2.17. The molecule has 0 radical (unpaired) electrons. The predicted molar refractivity (Wildman–Crippen MR) is 114 cm³/mol. The van der Waals surface area contributed by atoms with Crippen LogP contribution < -0.4 is 10.6 Å². The van der Waals surface area contributed by atoms with E-state index in [4.69, 9.17) is 0 Å². The Morgan fingerprint density at radius 2 is 1.75 bits per heavy atom. The van der Waals surface area contributed by atoms with Crippen molar-refractivity contribution < 1.29 is 4.79 Å². The van der Waals surface area contributed by atoms with Crippen LogP contribution in [-0.2, 0) is 6.42 Å². The number of benzene rings is 2. The molecule has 28 heavy (non-hydrogen) atoms. The highest BCUT2D eigenvalue weighted by Gasteiger charge is 2.12. The highest BCUT2D eigenvalue weighted by Crippen LogP contribution is 2.19. The fraction of sp³-hybridized carbons (Fsp3) is 0.261. The number of nitrogens with zero attached hydrogens (tertiary/aromatic N) is 2. The van der Waals surface area contributed by atoms with E-state index >= 15 is 0 Å². The van der Waals surface area contributed by atoms with Gasteiger partial charge < -0.3 is 10.6 Å². The molecule has 3 rings (SSSR count). The quantitative estimate of drug-likeness (QED) is 0.588. The van der Waals surface area contributed by atoms with Gasteiger partial charge in [-0.2, -0.15) is 0 Å². The van der Waals surface area contributed by atoms with Crippen LogP contribution in [0.5, 0.6) is 0 Å². The first-order valence-corrected chi connectivity index (χ1v) is 9.54. The Morgan fingerprint density at radius 3 is 2.54 bits per heavy atom. The second kappa shape index (κ2) is 9.13. The smallest absolute Gasteiger partial charge is 0.274 e. The number of hydrogen-bond acceptors (Lipinski definition) is 4. The molecule has 1 aromatic heterocycles. The summed E-state index contributed by atoms with van der Waals surface area (Å²) in [7, 11) is 0. The number of hydrogen-bond donors (Lipinski definition) is 2. The number of aryl methyl sites for hydroxylation is 3. The standard InChI is InChI=1S/C23H26N4O/c1-16-9-7-13-20(18(16)3)26-22(28)21-15-17(2)25-23(27-21)24-14-8-12-19-10-5-4-6-11-19/h4-7,9-11,13,15H,8,12,14H2,1-3H3,(H,26,28)(H,24,25,27). The van der Waals surface area contributed by atoms with E-state index in [0.29, 0.717) is 11.6 Å². The number of carbonyl (C=O) groups is 1. The number of aromatic nitrogens is 2. The lowest BCUT2D eigenvalue weighted by atomic mass is 10.1. The number of carbonyl (C=O) groups excluding carboxylic acids is 1. The van der Waals surface area contributed by atoms with Gasteiger partial charge >= 0.3 is 0 Å². The average Bonchev–Trinajstić information content (AvgIpc) is 2.69. The molecular formula is C23H26N4O. The minimum atomic E-state index is -0.230. The fourth-order valence-corrected chi connectivity index (χ4v) is 2.97. The normalized spacial score (nSPS) is 10.5. The number of rotatable bonds is 7. The fourth-order valence-electron chi connectivity index (χ4n) is 2.97. The van der Waals surface area contributed by atoms with Gasteiger partial charge in [0.25, 0.3) is 5.91 Å². The molecule has 2 aromatic carbocycles. The summed E-state index contributed by atoms with van der Waals surface area (Å²) >= 11 is 0. The van der Waals surface area contributed by atoms with Gasteiger partial charge in [-0.05, 0) is 62.4 Å². The van der Waals surface area contributed by atoms with Crippen molar-refractivity contribution in [2.24, 2.45) is 0 Å². The van der Waals surface area contributed by atoms with Crippen LogP contribution in [-0.4, -0.2) is 22.4 Å². The summed E-state index contributed by atoms with van der Waals surface area (Å²) in [5, 5.41) is 6.19. The van der Waals surface area contributed by atoms with Crippen molar-refractivity contribution >= 4 is 17.5 Å². The van der Waals surface area contributed by atoms with Crippen LogP contribution in [0.3, 0.4) is 0 Å². The van der Waals surface area contributed by atoms with Crippen LogP contribution in [0.2, 0.25) is 0 Å². The molecule has 0 aliphatic heterocycles. The van der Waals surface area contributed by atoms with Gasteiger partial charge in [0.15, 0.2) is 0 Å². The lowest BCUT2D eigenvalue weighted by Gasteiger charge is -2.11. The Labute approximate surface area is 166 Å². The summed E-state index contributed by atoms with van der Waals surface area (Å²) in [5.74, 6) is 0.255. The van der Waals surface area contributed by atoms with Gasteiger partial charge in [0, 0.05) is 17.9 Å². The van der Waals surface area contributed by atoms with Crippen LogP contribution in [0, 0.1) is 20.8 Å². The third-order valence-corrected chi connectivity index (χ3v) is 4.71. The van der Waals surface area contributed by atoms with E-state index in [1.54, 1.807) is 6.07 Å². The number of nitrogens with one attached hydrogen (secondary N) is 2. The molecule has 0 aliphatic rings. The van der Waals surface area contributed by atoms with E-state index in [1.807, 2.05) is 57.2 Å². The first-order chi connectivity index (χ1) is 13.5. The van der Waals surface area contributed by atoms with Crippen LogP contribution in [0.15, 0.2) is 54.6 Å². The van der Waals surface area contributed by atoms with Gasteiger partial charge in [0.1, 0.15) is 5.69 Å². The topological polar surface area (TPSA) is 66.9 Å². The van der Waals surface area contributed by atoms with E-state index < -0.39 is 0 Å². The molecule has 1 heterocycles. The van der Waals surface area contributed by atoms with Gasteiger partial charge in [0.2, 0.25) is 5.95 Å². The minimum Gasteiger partial charge on any atom is -0.354 e. The molecule has 0 fully saturated rings. The Hall–Kier alpha value is -3.21. The summed E-state index contributed by atoms with van der Waals surface area (Å²) in [6.07, 6.45) is 1.95. The molecule has 5 heteroatoms. The van der Waals surface area contributed by atoms with Gasteiger partial charge in [0.05, 0.1) is 0 Å². The zero-order valence-electron chi connectivity index (χ0n) is 16.6. The van der Waals surface area contributed by atoms with Crippen molar-refractivity contribution in [2.75, 3.05) is 17.2 Å². The van der Waals surface area contributed by atoms with Crippen molar-refractivity contribution in [3.05, 3.63) is 82.7 Å². The second-order valence-electron chi connectivity index (χ2n) is 6.94. The van der Waals surface area contributed by atoms with Gasteiger partial charge in [-0.25, -0.2) is 9.97 Å². The molecule has 2 N–H and O–H groups in total. The Balaban J connectivity index is 1.62. The molecule has 0 saturated heterocycles. The molecule has 5 nitrogen and oxygen atoms in total. The summed E-state index contributed by atoms with van der Waals surface area (Å²) < 4.78 is 0. The van der Waals surface area contributed by atoms with E-state index in [2.05, 4.69) is 32.7 Å². The Kier molecular flexibility index (Phi) is 6.37. The Bertz CT molecular complexity index is 954. The first kappa shape index (κ1) is 19.5. The number of amides is 1.